The number of nitrogens with one attached hydrogen (secondary N) is 1. The highest BCUT2D eigenvalue weighted by Gasteiger charge is 2.36. The third-order valence-corrected chi connectivity index (χ3v) is 3.91. The first kappa shape index (κ1) is 14.0. The molecule has 4 nitrogen and oxygen atoms in total. The van der Waals surface area contributed by atoms with Gasteiger partial charge in [-0.15, -0.1) is 0 Å². The predicted molar refractivity (Wildman–Crippen MR) is 70.2 cm³/mol. The highest BCUT2D eigenvalue weighted by molar-refractivity contribution is 5.92. The highest BCUT2D eigenvalue weighted by atomic mass is 19.1. The molecule has 2 unspecified atom stereocenters. The van der Waals surface area contributed by atoms with Crippen molar-refractivity contribution in [2.75, 3.05) is 6.61 Å². The summed E-state index contributed by atoms with van der Waals surface area (Å²) in [6, 6.07) is 4.31. The number of hydrogen-bond donors (Lipinski definition) is 2. The van der Waals surface area contributed by atoms with Gasteiger partial charge in [-0.05, 0) is 32.4 Å². The van der Waals surface area contributed by atoms with E-state index in [9.17, 15) is 9.18 Å². The third kappa shape index (κ3) is 2.93. The minimum absolute atomic E-state index is 0.0976. The van der Waals surface area contributed by atoms with Gasteiger partial charge in [0, 0.05) is 29.8 Å². The maximum atomic E-state index is 13.8. The number of primary amides is 1. The minimum Gasteiger partial charge on any atom is -0.377 e. The summed E-state index contributed by atoms with van der Waals surface area (Å²) in [6.45, 7) is 5.19. The summed E-state index contributed by atoms with van der Waals surface area (Å²) in [7, 11) is 0. The molecule has 0 spiro atoms. The van der Waals surface area contributed by atoms with Crippen molar-refractivity contribution in [1.29, 1.82) is 0 Å². The lowest BCUT2D eigenvalue weighted by Crippen LogP contribution is -2.47. The molecule has 0 aromatic heterocycles. The third-order valence-electron chi connectivity index (χ3n) is 3.91. The fourth-order valence-electron chi connectivity index (χ4n) is 2.21. The van der Waals surface area contributed by atoms with Crippen LogP contribution in [0.1, 0.15) is 36.2 Å². The first-order valence-corrected chi connectivity index (χ1v) is 6.37. The molecule has 104 valence electrons. The van der Waals surface area contributed by atoms with Gasteiger partial charge in [0.25, 0.3) is 0 Å². The summed E-state index contributed by atoms with van der Waals surface area (Å²) in [5.41, 5.74) is 5.67. The molecule has 1 amide bonds. The van der Waals surface area contributed by atoms with Crippen molar-refractivity contribution in [3.63, 3.8) is 0 Å². The van der Waals surface area contributed by atoms with Gasteiger partial charge in [0.1, 0.15) is 5.82 Å². The van der Waals surface area contributed by atoms with Gasteiger partial charge in [-0.3, -0.25) is 4.79 Å². The van der Waals surface area contributed by atoms with Crippen molar-refractivity contribution in [3.05, 3.63) is 35.1 Å². The molecule has 1 saturated heterocycles. The standard InChI is InChI=1S/C14H19FN2O2/c1-9-14(2,5-6-19-9)17-8-11-4-3-10(13(16)18)7-12(11)15/h3-4,7,9,17H,5-6,8H2,1-2H3,(H2,16,18). The zero-order chi connectivity index (χ0) is 14.0. The van der Waals surface area contributed by atoms with E-state index in [0.717, 1.165) is 6.42 Å². The molecule has 0 saturated carbocycles. The lowest BCUT2D eigenvalue weighted by atomic mass is 9.94. The number of rotatable bonds is 4. The molecule has 1 aliphatic rings. The number of benzene rings is 1. The molecule has 1 aromatic carbocycles. The molecule has 1 aromatic rings. The Bertz CT molecular complexity index is 492. The van der Waals surface area contributed by atoms with Crippen LogP contribution in [-0.4, -0.2) is 24.2 Å². The summed E-state index contributed by atoms with van der Waals surface area (Å²) in [5.74, 6) is -1.04. The second kappa shape index (κ2) is 5.27. The Morgan fingerprint density at radius 3 is 2.89 bits per heavy atom. The number of carbonyl (C=O) groups is 1. The van der Waals surface area contributed by atoms with E-state index < -0.39 is 11.7 Å². The monoisotopic (exact) mass is 266 g/mol. The van der Waals surface area contributed by atoms with Crippen molar-refractivity contribution in [1.82, 2.24) is 5.32 Å². The van der Waals surface area contributed by atoms with E-state index in [4.69, 9.17) is 10.5 Å². The van der Waals surface area contributed by atoms with Gasteiger partial charge in [-0.2, -0.15) is 0 Å². The average Bonchev–Trinajstić information content (AvgIpc) is 2.68. The highest BCUT2D eigenvalue weighted by Crippen LogP contribution is 2.25. The van der Waals surface area contributed by atoms with Gasteiger partial charge in [-0.25, -0.2) is 4.39 Å². The summed E-state index contributed by atoms with van der Waals surface area (Å²) >= 11 is 0. The summed E-state index contributed by atoms with van der Waals surface area (Å²) < 4.78 is 19.3. The molecule has 1 heterocycles. The van der Waals surface area contributed by atoms with Crippen LogP contribution in [0.25, 0.3) is 0 Å². The molecular weight excluding hydrogens is 247 g/mol. The van der Waals surface area contributed by atoms with Crippen LogP contribution >= 0.6 is 0 Å². The number of carbonyl (C=O) groups excluding carboxylic acids is 1. The summed E-state index contributed by atoms with van der Waals surface area (Å²) in [5, 5.41) is 3.33. The maximum Gasteiger partial charge on any atom is 0.248 e. The average molecular weight is 266 g/mol. The molecule has 3 N–H and O–H groups in total. The first-order chi connectivity index (χ1) is 8.92. The Hall–Kier alpha value is -1.46. The second-order valence-corrected chi connectivity index (χ2v) is 5.20. The number of ether oxygens (including phenoxy) is 1. The topological polar surface area (TPSA) is 64.3 Å². The van der Waals surface area contributed by atoms with E-state index in [0.29, 0.717) is 18.7 Å². The van der Waals surface area contributed by atoms with Crippen molar-refractivity contribution in [2.24, 2.45) is 5.73 Å². The normalized spacial score (nSPS) is 26.6. The molecule has 0 bridgehead atoms. The Morgan fingerprint density at radius 2 is 2.37 bits per heavy atom. The van der Waals surface area contributed by atoms with Crippen LogP contribution in [-0.2, 0) is 11.3 Å². The maximum absolute atomic E-state index is 13.8. The van der Waals surface area contributed by atoms with Crippen molar-refractivity contribution < 1.29 is 13.9 Å². The van der Waals surface area contributed by atoms with Crippen LogP contribution in [0.5, 0.6) is 0 Å². The van der Waals surface area contributed by atoms with E-state index in [2.05, 4.69) is 12.2 Å². The lowest BCUT2D eigenvalue weighted by Gasteiger charge is -2.29. The van der Waals surface area contributed by atoms with Crippen LogP contribution in [0.2, 0.25) is 0 Å². The fraction of sp³-hybridized carbons (Fsp3) is 0.500. The Morgan fingerprint density at radius 1 is 1.63 bits per heavy atom. The van der Waals surface area contributed by atoms with Crippen LogP contribution in [0, 0.1) is 5.82 Å². The van der Waals surface area contributed by atoms with Gasteiger partial charge in [-0.1, -0.05) is 6.07 Å². The molecule has 0 radical (unpaired) electrons. The van der Waals surface area contributed by atoms with Gasteiger partial charge in [0.05, 0.1) is 6.10 Å². The smallest absolute Gasteiger partial charge is 0.248 e. The molecule has 0 aliphatic carbocycles. The molecule has 1 aliphatic heterocycles. The Labute approximate surface area is 112 Å². The SMILES string of the molecule is CC1OCCC1(C)NCc1ccc(C(N)=O)cc1F. The number of halogens is 1. The molecular formula is C14H19FN2O2. The van der Waals surface area contributed by atoms with Crippen LogP contribution in [0.3, 0.4) is 0 Å². The predicted octanol–water partition coefficient (Wildman–Crippen LogP) is 1.58. The molecule has 2 atom stereocenters. The van der Waals surface area contributed by atoms with E-state index in [1.807, 2.05) is 6.92 Å². The zero-order valence-corrected chi connectivity index (χ0v) is 11.2. The van der Waals surface area contributed by atoms with Crippen molar-refractivity contribution in [3.8, 4) is 0 Å². The molecule has 1 fully saturated rings. The van der Waals surface area contributed by atoms with Crippen LogP contribution in [0.4, 0.5) is 4.39 Å². The zero-order valence-electron chi connectivity index (χ0n) is 11.2. The van der Waals surface area contributed by atoms with Crippen molar-refractivity contribution >= 4 is 5.91 Å². The quantitative estimate of drug-likeness (QED) is 0.869. The van der Waals surface area contributed by atoms with Gasteiger partial charge in [0.15, 0.2) is 0 Å². The number of amides is 1. The van der Waals surface area contributed by atoms with E-state index >= 15 is 0 Å². The lowest BCUT2D eigenvalue weighted by molar-refractivity contribution is 0.0880. The van der Waals surface area contributed by atoms with Gasteiger partial charge in [0.2, 0.25) is 5.91 Å². The Balaban J connectivity index is 2.06. The fourth-order valence-corrected chi connectivity index (χ4v) is 2.21. The summed E-state index contributed by atoms with van der Waals surface area (Å²) in [6.07, 6.45) is 0.996. The van der Waals surface area contributed by atoms with E-state index in [1.165, 1.54) is 6.07 Å². The first-order valence-electron chi connectivity index (χ1n) is 6.37. The molecule has 19 heavy (non-hydrogen) atoms. The Kier molecular flexibility index (Phi) is 3.87. The number of hydrogen-bond acceptors (Lipinski definition) is 3. The van der Waals surface area contributed by atoms with E-state index in [1.54, 1.807) is 12.1 Å². The van der Waals surface area contributed by atoms with Crippen molar-refractivity contribution in [2.45, 2.75) is 38.5 Å². The number of nitrogens with two attached hydrogens (primary N) is 1. The minimum atomic E-state index is -0.622. The summed E-state index contributed by atoms with van der Waals surface area (Å²) in [4.78, 5) is 10.9. The van der Waals surface area contributed by atoms with Crippen LogP contribution in [0.15, 0.2) is 18.2 Å². The van der Waals surface area contributed by atoms with Gasteiger partial charge < -0.3 is 15.8 Å². The molecule has 5 heteroatoms. The largest absolute Gasteiger partial charge is 0.377 e. The van der Waals surface area contributed by atoms with E-state index in [-0.39, 0.29) is 17.2 Å². The van der Waals surface area contributed by atoms with Crippen LogP contribution < -0.4 is 11.1 Å². The van der Waals surface area contributed by atoms with Gasteiger partial charge >= 0.3 is 0 Å². The second-order valence-electron chi connectivity index (χ2n) is 5.20. The molecule has 2 rings (SSSR count).